The van der Waals surface area contributed by atoms with Gasteiger partial charge < -0.3 is 35.1 Å². The zero-order valence-electron chi connectivity index (χ0n) is 7.40. The number of carbonyl (C=O) groups is 1. The molecule has 0 spiro atoms. The van der Waals surface area contributed by atoms with Crippen LogP contribution < -0.4 is 34.7 Å². The normalized spacial score (nSPS) is 42.7. The molecule has 0 aromatic carbocycles. The van der Waals surface area contributed by atoms with Crippen LogP contribution in [0.2, 0.25) is 0 Å². The van der Waals surface area contributed by atoms with Crippen LogP contribution in [0.3, 0.4) is 0 Å². The summed E-state index contributed by atoms with van der Waals surface area (Å²) in [5.41, 5.74) is 0. The Balaban J connectivity index is 0.00000169. The van der Waals surface area contributed by atoms with Crippen molar-refractivity contribution in [3.8, 4) is 0 Å². The summed E-state index contributed by atoms with van der Waals surface area (Å²) in [5, 5.41) is 46.1. The quantitative estimate of drug-likeness (QED) is 0.320. The van der Waals surface area contributed by atoms with Gasteiger partial charge in [0.1, 0.15) is 24.4 Å². The molecule has 1 saturated heterocycles. The van der Waals surface area contributed by atoms with E-state index in [1.165, 1.54) is 0 Å². The summed E-state index contributed by atoms with van der Waals surface area (Å²) in [6.07, 6.45) is -9.00. The second-order valence-electron chi connectivity index (χ2n) is 2.74. The van der Waals surface area contributed by atoms with E-state index in [-0.39, 0.29) is 29.6 Å². The minimum absolute atomic E-state index is 0. The van der Waals surface area contributed by atoms with Gasteiger partial charge in [-0.15, -0.1) is 0 Å². The number of carbonyl (C=O) groups excluding carboxylic acids is 1. The maximum Gasteiger partial charge on any atom is 1.00 e. The molecule has 0 aliphatic carbocycles. The second kappa shape index (κ2) is 5.38. The van der Waals surface area contributed by atoms with Crippen molar-refractivity contribution in [2.75, 3.05) is 0 Å². The summed E-state index contributed by atoms with van der Waals surface area (Å²) in [6, 6.07) is 0. The zero-order valence-corrected chi connectivity index (χ0v) is 9.40. The van der Waals surface area contributed by atoms with E-state index in [9.17, 15) is 9.90 Å². The van der Waals surface area contributed by atoms with Gasteiger partial charge in [-0.3, -0.25) is 0 Å². The van der Waals surface area contributed by atoms with Crippen LogP contribution in [0.5, 0.6) is 0 Å². The fourth-order valence-corrected chi connectivity index (χ4v) is 1.06. The van der Waals surface area contributed by atoms with Gasteiger partial charge in [0, 0.05) is 0 Å². The van der Waals surface area contributed by atoms with Gasteiger partial charge in [-0.2, -0.15) is 0 Å². The summed E-state index contributed by atoms with van der Waals surface area (Å²) in [7, 11) is 0. The Morgan fingerprint density at radius 2 is 1.57 bits per heavy atom. The Kier molecular flexibility index (Phi) is 5.48. The average Bonchev–Trinajstić information content (AvgIpc) is 2.07. The first kappa shape index (κ1) is 14.3. The predicted octanol–water partition coefficient (Wildman–Crippen LogP) is -7.46. The molecule has 1 aliphatic rings. The Morgan fingerprint density at radius 3 is 2.00 bits per heavy atom. The summed E-state index contributed by atoms with van der Waals surface area (Å²) in [6.45, 7) is 0. The number of carboxylic acids is 1. The van der Waals surface area contributed by atoms with Crippen molar-refractivity contribution < 1.29 is 64.6 Å². The van der Waals surface area contributed by atoms with Crippen molar-refractivity contribution in [3.05, 3.63) is 0 Å². The third-order valence-corrected chi connectivity index (χ3v) is 1.82. The Labute approximate surface area is 101 Å². The van der Waals surface area contributed by atoms with Gasteiger partial charge in [-0.25, -0.2) is 0 Å². The molecule has 0 saturated carbocycles. The number of ether oxygens (including phenoxy) is 1. The maximum atomic E-state index is 10.3. The minimum atomic E-state index is -1.85. The van der Waals surface area contributed by atoms with Gasteiger partial charge in [0.25, 0.3) is 0 Å². The number of aliphatic hydroxyl groups is 4. The van der Waals surface area contributed by atoms with Gasteiger partial charge in [0.2, 0.25) is 0 Å². The number of rotatable bonds is 1. The van der Waals surface area contributed by atoms with E-state index >= 15 is 0 Å². The van der Waals surface area contributed by atoms with Crippen LogP contribution >= 0.6 is 0 Å². The minimum Gasteiger partial charge on any atom is -0.547 e. The molecule has 14 heavy (non-hydrogen) atoms. The number of hydrogen-bond acceptors (Lipinski definition) is 7. The molecule has 1 rings (SSSR count). The van der Waals surface area contributed by atoms with E-state index in [0.717, 1.165) is 0 Å². The molecule has 0 aromatic rings. The fraction of sp³-hybridized carbons (Fsp3) is 0.833. The maximum absolute atomic E-state index is 10.3. The van der Waals surface area contributed by atoms with Gasteiger partial charge in [-0.1, -0.05) is 0 Å². The smallest absolute Gasteiger partial charge is 0.547 e. The van der Waals surface area contributed by atoms with Crippen molar-refractivity contribution >= 4 is 5.97 Å². The van der Waals surface area contributed by atoms with Crippen LogP contribution in [0.25, 0.3) is 0 Å². The molecule has 0 aromatic heterocycles. The molecule has 0 amide bonds. The van der Waals surface area contributed by atoms with Gasteiger partial charge in [0.05, 0.1) is 5.97 Å². The second-order valence-corrected chi connectivity index (χ2v) is 2.74. The Bertz CT molecular complexity index is 210. The summed E-state index contributed by atoms with van der Waals surface area (Å²) in [5.74, 6) is -1.77. The van der Waals surface area contributed by atoms with Crippen LogP contribution in [0.15, 0.2) is 0 Å². The van der Waals surface area contributed by atoms with Crippen molar-refractivity contribution in [1.82, 2.24) is 0 Å². The van der Waals surface area contributed by atoms with E-state index in [4.69, 9.17) is 20.4 Å². The van der Waals surface area contributed by atoms with E-state index in [1.807, 2.05) is 0 Å². The molecular weight excluding hydrogens is 207 g/mol. The van der Waals surface area contributed by atoms with Crippen LogP contribution in [-0.4, -0.2) is 57.1 Å². The molecule has 8 heteroatoms. The van der Waals surface area contributed by atoms with E-state index in [2.05, 4.69) is 4.74 Å². The molecule has 4 N–H and O–H groups in total. The van der Waals surface area contributed by atoms with Crippen molar-refractivity contribution in [2.45, 2.75) is 30.7 Å². The SMILES string of the molecule is O=C([O-])C1OC(O)C(O)[C@H](O)[C@@H]1O.[Na+]. The fourth-order valence-electron chi connectivity index (χ4n) is 1.06. The average molecular weight is 216 g/mol. The standard InChI is InChI=1S/C6H10O7.Na/c7-1-2(8)4(5(10)11)13-6(12)3(1)9;/h1-4,6-9,12H,(H,10,11);/q;+1/p-1/t1-,2+,3?,4?,6?;/m1./s1. The molecule has 1 fully saturated rings. The molecule has 1 aliphatic heterocycles. The number of aliphatic carboxylic acids is 1. The summed E-state index contributed by atoms with van der Waals surface area (Å²) >= 11 is 0. The van der Waals surface area contributed by atoms with Crippen LogP contribution in [0, 0.1) is 0 Å². The Morgan fingerprint density at radius 1 is 1.07 bits per heavy atom. The monoisotopic (exact) mass is 216 g/mol. The van der Waals surface area contributed by atoms with Crippen molar-refractivity contribution in [1.29, 1.82) is 0 Å². The van der Waals surface area contributed by atoms with E-state index in [0.29, 0.717) is 0 Å². The van der Waals surface area contributed by atoms with E-state index < -0.39 is 36.7 Å². The van der Waals surface area contributed by atoms with Crippen LogP contribution in [0.4, 0.5) is 0 Å². The van der Waals surface area contributed by atoms with Crippen LogP contribution in [-0.2, 0) is 9.53 Å². The molecule has 7 nitrogen and oxygen atoms in total. The zero-order chi connectivity index (χ0) is 10.2. The molecule has 0 bridgehead atoms. The van der Waals surface area contributed by atoms with E-state index in [1.54, 1.807) is 0 Å². The predicted molar refractivity (Wildman–Crippen MR) is 33.9 cm³/mol. The molecule has 5 atom stereocenters. The van der Waals surface area contributed by atoms with Crippen molar-refractivity contribution in [3.63, 3.8) is 0 Å². The first-order chi connectivity index (χ1) is 5.95. The first-order valence-corrected chi connectivity index (χ1v) is 3.53. The molecule has 3 unspecified atom stereocenters. The summed E-state index contributed by atoms with van der Waals surface area (Å²) in [4.78, 5) is 10.3. The third-order valence-electron chi connectivity index (χ3n) is 1.82. The number of carboxylic acid groups (broad SMARTS) is 1. The van der Waals surface area contributed by atoms with Gasteiger partial charge in [-0.05, 0) is 0 Å². The van der Waals surface area contributed by atoms with Crippen molar-refractivity contribution in [2.24, 2.45) is 0 Å². The molecular formula is C6H9NaO7. The largest absolute Gasteiger partial charge is 1.00 e. The molecule has 1 heterocycles. The first-order valence-electron chi connectivity index (χ1n) is 3.53. The number of aliphatic hydroxyl groups excluding tert-OH is 4. The Hall–Kier alpha value is 0.270. The van der Waals surface area contributed by atoms with Gasteiger partial charge in [0.15, 0.2) is 6.29 Å². The van der Waals surface area contributed by atoms with Gasteiger partial charge >= 0.3 is 29.6 Å². The topological polar surface area (TPSA) is 130 Å². The summed E-state index contributed by atoms with van der Waals surface area (Å²) < 4.78 is 4.28. The molecule has 76 valence electrons. The number of hydrogen-bond donors (Lipinski definition) is 4. The third kappa shape index (κ3) is 2.65. The van der Waals surface area contributed by atoms with Crippen LogP contribution in [0.1, 0.15) is 0 Å². The molecule has 0 radical (unpaired) electrons.